The van der Waals surface area contributed by atoms with E-state index in [0.717, 1.165) is 29.7 Å². The quantitative estimate of drug-likeness (QED) is 0.553. The highest BCUT2D eigenvalue weighted by Crippen LogP contribution is 2.41. The molecule has 0 atom stereocenters. The van der Waals surface area contributed by atoms with Crippen LogP contribution in [0.5, 0.6) is 0 Å². The minimum absolute atomic E-state index is 0.0142. The van der Waals surface area contributed by atoms with Crippen molar-refractivity contribution in [2.45, 2.75) is 58.5 Å². The van der Waals surface area contributed by atoms with Crippen LogP contribution in [0.3, 0.4) is 0 Å². The zero-order chi connectivity index (χ0) is 27.6. The van der Waals surface area contributed by atoms with E-state index >= 15 is 0 Å². The number of carbonyl (C=O) groups excluding carboxylic acids is 3. The zero-order valence-corrected chi connectivity index (χ0v) is 23.6. The number of nitrogens with one attached hydrogen (secondary N) is 1. The Balaban J connectivity index is 1.19. The molecule has 1 N–H and O–H groups in total. The first-order chi connectivity index (χ1) is 18.6. The van der Waals surface area contributed by atoms with Gasteiger partial charge in [0, 0.05) is 43.8 Å². The molecule has 0 saturated carbocycles. The Kier molecular flexibility index (Phi) is 7.57. The lowest BCUT2D eigenvalue weighted by atomic mass is 9.71. The maximum absolute atomic E-state index is 13.1. The highest BCUT2D eigenvalue weighted by Gasteiger charge is 2.46. The predicted octanol–water partition coefficient (Wildman–Crippen LogP) is 4.77. The molecule has 0 unspecified atom stereocenters. The Bertz CT molecular complexity index is 1290. The smallest absolute Gasteiger partial charge is 0.410 e. The van der Waals surface area contributed by atoms with Gasteiger partial charge in [0.05, 0.1) is 16.6 Å². The Morgan fingerprint density at radius 2 is 1.85 bits per heavy atom. The number of hydrogen-bond acceptors (Lipinski definition) is 7. The van der Waals surface area contributed by atoms with E-state index in [4.69, 9.17) is 4.74 Å². The average molecular weight is 550 g/mol. The molecule has 0 aliphatic carbocycles. The fourth-order valence-corrected chi connectivity index (χ4v) is 5.85. The van der Waals surface area contributed by atoms with Gasteiger partial charge < -0.3 is 19.9 Å². The van der Waals surface area contributed by atoms with Crippen molar-refractivity contribution in [3.8, 4) is 0 Å². The first kappa shape index (κ1) is 27.1. The summed E-state index contributed by atoms with van der Waals surface area (Å²) in [6.07, 6.45) is 10.2. The van der Waals surface area contributed by atoms with Crippen LogP contribution in [0.2, 0.25) is 0 Å². The lowest BCUT2D eigenvalue weighted by Gasteiger charge is -2.43. The zero-order valence-electron chi connectivity index (χ0n) is 22.7. The normalized spacial score (nSPS) is 19.2. The van der Waals surface area contributed by atoms with Crippen molar-refractivity contribution >= 4 is 47.2 Å². The summed E-state index contributed by atoms with van der Waals surface area (Å²) in [5, 5.41) is 5.00. The van der Waals surface area contributed by atoms with Gasteiger partial charge in [0.2, 0.25) is 11.8 Å². The Morgan fingerprint density at radius 3 is 2.51 bits per heavy atom. The van der Waals surface area contributed by atoms with Gasteiger partial charge in [-0.25, -0.2) is 14.8 Å². The third-order valence-corrected chi connectivity index (χ3v) is 8.15. The number of hydrogen-bond donors (Lipinski definition) is 1. The molecule has 0 aromatic carbocycles. The summed E-state index contributed by atoms with van der Waals surface area (Å²) in [6, 6.07) is 2.00. The van der Waals surface area contributed by atoms with Crippen molar-refractivity contribution in [3.63, 3.8) is 0 Å². The third-order valence-electron chi connectivity index (χ3n) is 7.54. The van der Waals surface area contributed by atoms with Crippen LogP contribution in [-0.2, 0) is 20.7 Å². The minimum atomic E-state index is -0.580. The molecule has 3 aliphatic heterocycles. The van der Waals surface area contributed by atoms with Crippen LogP contribution >= 0.6 is 11.3 Å². The molecule has 10 heteroatoms. The fraction of sp³-hybridized carbons (Fsp3) is 0.483. The largest absolute Gasteiger partial charge is 0.444 e. The number of aromatic nitrogens is 2. The molecule has 1 spiro atoms. The van der Waals surface area contributed by atoms with Gasteiger partial charge in [-0.2, -0.15) is 0 Å². The van der Waals surface area contributed by atoms with Crippen LogP contribution in [0.1, 0.15) is 63.3 Å². The number of nitrogens with zero attached hydrogens (tertiary/aromatic N) is 4. The Labute approximate surface area is 233 Å². The van der Waals surface area contributed by atoms with E-state index in [1.54, 1.807) is 34.6 Å². The van der Waals surface area contributed by atoms with Gasteiger partial charge in [0.25, 0.3) is 0 Å². The second-order valence-electron chi connectivity index (χ2n) is 11.5. The molecule has 206 valence electrons. The van der Waals surface area contributed by atoms with Crippen molar-refractivity contribution in [3.05, 3.63) is 51.6 Å². The number of likely N-dealkylation sites (tertiary alicyclic amines) is 2. The monoisotopic (exact) mass is 549 g/mol. The van der Waals surface area contributed by atoms with Crippen LogP contribution in [0, 0.1) is 5.41 Å². The molecule has 5 rings (SSSR count). The molecule has 3 amide bonds. The molecule has 0 bridgehead atoms. The first-order valence-electron chi connectivity index (χ1n) is 13.4. The SMILES string of the molecule is CC(C)(C)OC(=O)N1CCC2(CC1)Cc1cc(/C=C/C(=O)N3CCC(=Cc4cscn4)CC3)cnc1NC2=O. The Morgan fingerprint density at radius 1 is 1.10 bits per heavy atom. The van der Waals surface area contributed by atoms with Crippen molar-refractivity contribution in [1.82, 2.24) is 19.8 Å². The second-order valence-corrected chi connectivity index (χ2v) is 12.2. The Hall–Kier alpha value is -3.53. The van der Waals surface area contributed by atoms with Gasteiger partial charge >= 0.3 is 6.09 Å². The molecule has 2 fully saturated rings. The van der Waals surface area contributed by atoms with Gasteiger partial charge in [0.15, 0.2) is 0 Å². The summed E-state index contributed by atoms with van der Waals surface area (Å²) in [5.41, 5.74) is 4.77. The van der Waals surface area contributed by atoms with Crippen LogP contribution in [0.4, 0.5) is 10.6 Å². The molecular weight excluding hydrogens is 514 g/mol. The topological polar surface area (TPSA) is 105 Å². The number of thiazole rings is 1. The maximum atomic E-state index is 13.1. The summed E-state index contributed by atoms with van der Waals surface area (Å²) in [5.74, 6) is 0.511. The molecule has 2 aromatic rings. The molecule has 9 nitrogen and oxygen atoms in total. The highest BCUT2D eigenvalue weighted by atomic mass is 32.1. The van der Waals surface area contributed by atoms with Gasteiger partial charge in [-0.1, -0.05) is 5.57 Å². The average Bonchev–Trinajstić information content (AvgIpc) is 3.41. The molecular formula is C29H35N5O4S. The van der Waals surface area contributed by atoms with Crippen LogP contribution < -0.4 is 5.32 Å². The third kappa shape index (κ3) is 6.38. The highest BCUT2D eigenvalue weighted by molar-refractivity contribution is 7.07. The second kappa shape index (κ2) is 10.9. The number of fused-ring (bicyclic) bond motifs is 1. The molecule has 5 heterocycles. The summed E-state index contributed by atoms with van der Waals surface area (Å²) >= 11 is 1.58. The number of rotatable bonds is 3. The van der Waals surface area contributed by atoms with E-state index in [9.17, 15) is 14.4 Å². The molecule has 2 saturated heterocycles. The van der Waals surface area contributed by atoms with E-state index in [1.807, 2.05) is 42.6 Å². The molecule has 3 aliphatic rings. The fourth-order valence-electron chi connectivity index (χ4n) is 5.33. The van der Waals surface area contributed by atoms with Gasteiger partial charge in [0.1, 0.15) is 11.4 Å². The number of anilines is 1. The lowest BCUT2D eigenvalue weighted by Crippen LogP contribution is -2.51. The number of carbonyl (C=O) groups is 3. The number of ether oxygens (including phenoxy) is 1. The van der Waals surface area contributed by atoms with Gasteiger partial charge in [-0.05, 0) is 82.2 Å². The van der Waals surface area contributed by atoms with Crippen molar-refractivity contribution < 1.29 is 19.1 Å². The van der Waals surface area contributed by atoms with Crippen molar-refractivity contribution in [1.29, 1.82) is 0 Å². The number of piperidine rings is 2. The molecule has 39 heavy (non-hydrogen) atoms. The van der Waals surface area contributed by atoms with Crippen molar-refractivity contribution in [2.24, 2.45) is 5.41 Å². The van der Waals surface area contributed by atoms with E-state index in [-0.39, 0.29) is 17.9 Å². The summed E-state index contributed by atoms with van der Waals surface area (Å²) < 4.78 is 5.50. The van der Waals surface area contributed by atoms with Crippen LogP contribution in [0.25, 0.3) is 12.2 Å². The van der Waals surface area contributed by atoms with E-state index < -0.39 is 11.0 Å². The summed E-state index contributed by atoms with van der Waals surface area (Å²) in [7, 11) is 0. The minimum Gasteiger partial charge on any atom is -0.444 e. The maximum Gasteiger partial charge on any atom is 0.410 e. The molecule has 2 aromatic heterocycles. The van der Waals surface area contributed by atoms with E-state index in [0.29, 0.717) is 51.3 Å². The van der Waals surface area contributed by atoms with Crippen LogP contribution in [-0.4, -0.2) is 69.5 Å². The standard InChI is InChI=1S/C29H35N5O4S/c1-28(2,3)38-27(37)34-12-8-29(9-13-34)16-22-14-21(17-30-25(22)32-26(29)36)4-5-24(35)33-10-6-20(7-11-33)15-23-18-39-19-31-23/h4-5,14-15,17-19H,6-13,16H2,1-3H3,(H,30,32,36)/b5-4+. The summed E-state index contributed by atoms with van der Waals surface area (Å²) in [4.78, 5) is 50.7. The van der Waals surface area contributed by atoms with E-state index in [2.05, 4.69) is 21.4 Å². The van der Waals surface area contributed by atoms with Crippen LogP contribution in [0.15, 0.2) is 34.8 Å². The lowest BCUT2D eigenvalue weighted by molar-refractivity contribution is -0.129. The van der Waals surface area contributed by atoms with E-state index in [1.165, 1.54) is 5.57 Å². The molecule has 0 radical (unpaired) electrons. The predicted molar refractivity (Wildman–Crippen MR) is 151 cm³/mol. The van der Waals surface area contributed by atoms with Gasteiger partial charge in [-0.3, -0.25) is 9.59 Å². The summed E-state index contributed by atoms with van der Waals surface area (Å²) in [6.45, 7) is 7.86. The first-order valence-corrected chi connectivity index (χ1v) is 14.4. The van der Waals surface area contributed by atoms with Gasteiger partial charge in [-0.15, -0.1) is 11.3 Å². The number of amides is 3. The van der Waals surface area contributed by atoms with Crippen molar-refractivity contribution in [2.75, 3.05) is 31.5 Å². The number of pyridine rings is 1.